The van der Waals surface area contributed by atoms with E-state index in [1.165, 1.54) is 16.3 Å². The van der Waals surface area contributed by atoms with E-state index < -0.39 is 0 Å². The second-order valence-corrected chi connectivity index (χ2v) is 4.49. The zero-order valence-corrected chi connectivity index (χ0v) is 9.63. The molecule has 1 heterocycles. The molecule has 0 aliphatic rings. The Bertz CT molecular complexity index is 582. The van der Waals surface area contributed by atoms with Gasteiger partial charge in [-0.2, -0.15) is 0 Å². The zero-order valence-electron chi connectivity index (χ0n) is 7.92. The second-order valence-electron chi connectivity index (χ2n) is 3.32. The Kier molecular flexibility index (Phi) is 2.13. The fraction of sp³-hybridized carbons (Fsp3) is 0. The average molecular weight is 259 g/mol. The molecule has 72 valence electrons. The molecular weight excluding hydrogens is 251 g/mol. The van der Waals surface area contributed by atoms with Gasteiger partial charge in [-0.3, -0.25) is 0 Å². The summed E-state index contributed by atoms with van der Waals surface area (Å²) >= 11 is 0.0618. The molecule has 3 aromatic rings. The molecule has 0 saturated heterocycles. The predicted molar refractivity (Wildman–Crippen MR) is 61.9 cm³/mol. The van der Waals surface area contributed by atoms with Crippen LogP contribution in [0.1, 0.15) is 0 Å². The molecule has 1 aromatic heterocycles. The van der Waals surface area contributed by atoms with E-state index in [0.29, 0.717) is 0 Å². The van der Waals surface area contributed by atoms with Crippen LogP contribution in [0.3, 0.4) is 0 Å². The maximum atomic E-state index is 4.41. The first-order chi connectivity index (χ1) is 7.45. The van der Waals surface area contributed by atoms with Crippen molar-refractivity contribution in [2.45, 2.75) is 0 Å². The van der Waals surface area contributed by atoms with Crippen LogP contribution in [0.15, 0.2) is 48.7 Å². The Balaban J connectivity index is 2.36. The first kappa shape index (κ1) is 8.83. The van der Waals surface area contributed by atoms with Gasteiger partial charge < -0.3 is 0 Å². The summed E-state index contributed by atoms with van der Waals surface area (Å²) in [7, 11) is 0. The molecule has 0 atom stereocenters. The van der Waals surface area contributed by atoms with Crippen molar-refractivity contribution in [3.05, 3.63) is 48.7 Å². The van der Waals surface area contributed by atoms with E-state index in [0.717, 1.165) is 5.69 Å². The standard InChI is InChI=1S/C12H8N2Se/c1-2-6-10-9(4-1)5-3-7-11(10)12-8-13-15-14-12/h1-8H. The molecular formula is C12H8N2Se. The van der Waals surface area contributed by atoms with Crippen molar-refractivity contribution >= 4 is 25.7 Å². The van der Waals surface area contributed by atoms with Crippen molar-refractivity contribution in [1.29, 1.82) is 0 Å². The van der Waals surface area contributed by atoms with Crippen LogP contribution in [0.5, 0.6) is 0 Å². The Morgan fingerprint density at radius 2 is 1.80 bits per heavy atom. The first-order valence-corrected chi connectivity index (χ1v) is 6.24. The van der Waals surface area contributed by atoms with Gasteiger partial charge in [0.2, 0.25) is 0 Å². The van der Waals surface area contributed by atoms with E-state index >= 15 is 0 Å². The van der Waals surface area contributed by atoms with Crippen molar-refractivity contribution in [3.8, 4) is 11.3 Å². The Morgan fingerprint density at radius 1 is 0.933 bits per heavy atom. The van der Waals surface area contributed by atoms with Gasteiger partial charge in [-0.25, -0.2) is 0 Å². The summed E-state index contributed by atoms with van der Waals surface area (Å²) in [5, 5.41) is 2.51. The van der Waals surface area contributed by atoms with Gasteiger partial charge >= 0.3 is 93.6 Å². The number of benzene rings is 2. The molecule has 0 fully saturated rings. The molecule has 0 spiro atoms. The van der Waals surface area contributed by atoms with Gasteiger partial charge in [-0.05, 0) is 0 Å². The fourth-order valence-corrected chi connectivity index (χ4v) is 2.63. The van der Waals surface area contributed by atoms with Gasteiger partial charge in [0.05, 0.1) is 0 Å². The topological polar surface area (TPSA) is 25.8 Å². The maximum absolute atomic E-state index is 4.41. The second kappa shape index (κ2) is 3.61. The van der Waals surface area contributed by atoms with Gasteiger partial charge in [-0.15, -0.1) is 0 Å². The summed E-state index contributed by atoms with van der Waals surface area (Å²) < 4.78 is 8.59. The number of fused-ring (bicyclic) bond motifs is 1. The summed E-state index contributed by atoms with van der Waals surface area (Å²) in [6, 6.07) is 14.7. The van der Waals surface area contributed by atoms with E-state index in [4.69, 9.17) is 0 Å². The van der Waals surface area contributed by atoms with Crippen molar-refractivity contribution in [2.24, 2.45) is 0 Å². The molecule has 15 heavy (non-hydrogen) atoms. The molecule has 0 saturated carbocycles. The van der Waals surface area contributed by atoms with Crippen molar-refractivity contribution in [1.82, 2.24) is 7.96 Å². The summed E-state index contributed by atoms with van der Waals surface area (Å²) in [6.07, 6.45) is 1.88. The van der Waals surface area contributed by atoms with Crippen LogP contribution in [0, 0.1) is 0 Å². The van der Waals surface area contributed by atoms with Gasteiger partial charge in [0.25, 0.3) is 0 Å². The van der Waals surface area contributed by atoms with E-state index in [9.17, 15) is 0 Å². The molecule has 0 amide bonds. The van der Waals surface area contributed by atoms with Crippen molar-refractivity contribution in [2.75, 3.05) is 0 Å². The molecule has 0 N–H and O–H groups in total. The fourth-order valence-electron chi connectivity index (χ4n) is 1.73. The third-order valence-corrected chi connectivity index (χ3v) is 3.43. The number of hydrogen-bond acceptors (Lipinski definition) is 2. The van der Waals surface area contributed by atoms with Gasteiger partial charge in [0.15, 0.2) is 0 Å². The third-order valence-electron chi connectivity index (χ3n) is 2.43. The molecule has 0 bridgehead atoms. The summed E-state index contributed by atoms with van der Waals surface area (Å²) in [6.45, 7) is 0. The van der Waals surface area contributed by atoms with Gasteiger partial charge in [-0.1, -0.05) is 0 Å². The summed E-state index contributed by atoms with van der Waals surface area (Å²) in [5.41, 5.74) is 2.21. The van der Waals surface area contributed by atoms with Crippen LogP contribution in [0.25, 0.3) is 22.0 Å². The van der Waals surface area contributed by atoms with E-state index in [2.05, 4.69) is 50.4 Å². The monoisotopic (exact) mass is 260 g/mol. The number of rotatable bonds is 1. The zero-order chi connectivity index (χ0) is 10.1. The van der Waals surface area contributed by atoms with Crippen LogP contribution in [0.4, 0.5) is 0 Å². The van der Waals surface area contributed by atoms with E-state index in [1.54, 1.807) is 0 Å². The molecule has 2 nitrogen and oxygen atoms in total. The average Bonchev–Trinajstić information content (AvgIpc) is 2.82. The van der Waals surface area contributed by atoms with Gasteiger partial charge in [0.1, 0.15) is 0 Å². The number of aromatic nitrogens is 2. The first-order valence-electron chi connectivity index (χ1n) is 4.71. The van der Waals surface area contributed by atoms with Gasteiger partial charge in [0, 0.05) is 0 Å². The van der Waals surface area contributed by atoms with Crippen LogP contribution >= 0.6 is 0 Å². The SMILES string of the molecule is c1ccc2c(-c3cn[se]n3)cccc2c1. The molecule has 0 aliphatic heterocycles. The molecule has 3 rings (SSSR count). The molecule has 2 aromatic carbocycles. The molecule has 3 heteroatoms. The van der Waals surface area contributed by atoms with Crippen molar-refractivity contribution < 1.29 is 0 Å². The molecule has 0 radical (unpaired) electrons. The predicted octanol–water partition coefficient (Wildman–Crippen LogP) is 2.35. The van der Waals surface area contributed by atoms with Crippen LogP contribution in [-0.4, -0.2) is 22.9 Å². The normalized spacial score (nSPS) is 10.7. The minimum absolute atomic E-state index is 0.0618. The van der Waals surface area contributed by atoms with Crippen LogP contribution in [0.2, 0.25) is 0 Å². The Labute approximate surface area is 93.8 Å². The summed E-state index contributed by atoms with van der Waals surface area (Å²) in [4.78, 5) is 0. The Hall–Kier alpha value is -1.44. The summed E-state index contributed by atoms with van der Waals surface area (Å²) in [5.74, 6) is 0. The quantitative estimate of drug-likeness (QED) is 0.627. The number of nitrogens with zero attached hydrogens (tertiary/aromatic N) is 2. The minimum atomic E-state index is 0.0618. The molecule has 0 aliphatic carbocycles. The Morgan fingerprint density at radius 3 is 2.67 bits per heavy atom. The van der Waals surface area contributed by atoms with Crippen LogP contribution < -0.4 is 0 Å². The molecule has 0 unspecified atom stereocenters. The van der Waals surface area contributed by atoms with Crippen LogP contribution in [-0.2, 0) is 0 Å². The van der Waals surface area contributed by atoms with Crippen molar-refractivity contribution in [3.63, 3.8) is 0 Å². The van der Waals surface area contributed by atoms with E-state index in [-0.39, 0.29) is 15.0 Å². The third kappa shape index (κ3) is 1.50. The van der Waals surface area contributed by atoms with E-state index in [1.807, 2.05) is 6.20 Å². The number of hydrogen-bond donors (Lipinski definition) is 0.